The van der Waals surface area contributed by atoms with Crippen molar-refractivity contribution in [2.24, 2.45) is 22.2 Å². The monoisotopic (exact) mass is 302 g/mol. The first-order valence-electron chi connectivity index (χ1n) is 8.84. The van der Waals surface area contributed by atoms with Crippen LogP contribution in [0.5, 0.6) is 0 Å². The Balaban J connectivity index is 2.01. The van der Waals surface area contributed by atoms with Crippen molar-refractivity contribution in [3.05, 3.63) is 23.8 Å². The molecule has 1 unspecified atom stereocenters. The highest BCUT2D eigenvalue weighted by atomic mass is 16.4. The van der Waals surface area contributed by atoms with E-state index in [0.717, 1.165) is 38.5 Å². The van der Waals surface area contributed by atoms with Crippen LogP contribution in [0.3, 0.4) is 0 Å². The summed E-state index contributed by atoms with van der Waals surface area (Å²) in [5, 5.41) is 9.84. The predicted octanol–water partition coefficient (Wildman–Crippen LogP) is 5.35. The van der Waals surface area contributed by atoms with E-state index in [1.165, 1.54) is 12.8 Å². The molecular weight excluding hydrogens is 272 g/mol. The SMILES string of the molecule is C=C[C@@]1(C)CCC2=C(CCC3[C@](C)(C(=O)O)CCC[C@]23C)C1. The maximum Gasteiger partial charge on any atom is 0.309 e. The van der Waals surface area contributed by atoms with Gasteiger partial charge in [0.05, 0.1) is 5.41 Å². The molecule has 0 spiro atoms. The second kappa shape index (κ2) is 4.97. The third kappa shape index (κ3) is 2.10. The molecule has 0 radical (unpaired) electrons. The van der Waals surface area contributed by atoms with Crippen LogP contribution in [0.2, 0.25) is 0 Å². The summed E-state index contributed by atoms with van der Waals surface area (Å²) in [5.74, 6) is -0.280. The number of hydrogen-bond acceptors (Lipinski definition) is 1. The van der Waals surface area contributed by atoms with E-state index < -0.39 is 11.4 Å². The van der Waals surface area contributed by atoms with E-state index in [2.05, 4.69) is 26.5 Å². The highest BCUT2D eigenvalue weighted by molar-refractivity contribution is 5.75. The normalized spacial score (nSPS) is 45.0. The molecular formula is C20H30O2. The fourth-order valence-electron chi connectivity index (χ4n) is 5.82. The number of rotatable bonds is 2. The topological polar surface area (TPSA) is 37.3 Å². The van der Waals surface area contributed by atoms with E-state index in [9.17, 15) is 9.90 Å². The van der Waals surface area contributed by atoms with Crippen molar-refractivity contribution in [2.75, 3.05) is 0 Å². The van der Waals surface area contributed by atoms with Crippen LogP contribution < -0.4 is 0 Å². The minimum atomic E-state index is -0.584. The summed E-state index contributed by atoms with van der Waals surface area (Å²) in [7, 11) is 0. The van der Waals surface area contributed by atoms with Crippen molar-refractivity contribution in [1.29, 1.82) is 0 Å². The van der Waals surface area contributed by atoms with Crippen LogP contribution >= 0.6 is 0 Å². The molecule has 0 aliphatic heterocycles. The van der Waals surface area contributed by atoms with Crippen molar-refractivity contribution in [3.8, 4) is 0 Å². The Bertz CT molecular complexity index is 546. The van der Waals surface area contributed by atoms with Crippen molar-refractivity contribution in [1.82, 2.24) is 0 Å². The van der Waals surface area contributed by atoms with E-state index in [1.807, 2.05) is 6.92 Å². The standard InChI is InChI=1S/C20H30O2/c1-5-18(2)12-9-15-14(13-18)7-8-16-19(15,3)10-6-11-20(16,4)17(21)22/h5,16H,1,6-13H2,2-4H3,(H,21,22)/t16?,18-,19+,20+/m0/s1. The molecule has 0 saturated heterocycles. The molecule has 122 valence electrons. The predicted molar refractivity (Wildman–Crippen MR) is 89.6 cm³/mol. The van der Waals surface area contributed by atoms with Crippen LogP contribution in [0.25, 0.3) is 0 Å². The lowest BCUT2D eigenvalue weighted by molar-refractivity contribution is -0.159. The van der Waals surface area contributed by atoms with Gasteiger partial charge in [0, 0.05) is 0 Å². The first kappa shape index (κ1) is 15.8. The fraction of sp³-hybridized carbons (Fsp3) is 0.750. The van der Waals surface area contributed by atoms with Gasteiger partial charge in [-0.1, -0.05) is 37.5 Å². The number of allylic oxidation sites excluding steroid dienone is 3. The zero-order valence-corrected chi connectivity index (χ0v) is 14.4. The molecule has 0 aromatic rings. The van der Waals surface area contributed by atoms with Crippen molar-refractivity contribution < 1.29 is 9.90 Å². The molecule has 3 aliphatic rings. The Labute approximate surface area is 134 Å². The minimum Gasteiger partial charge on any atom is -0.481 e. The van der Waals surface area contributed by atoms with Crippen LogP contribution in [0.4, 0.5) is 0 Å². The van der Waals surface area contributed by atoms with E-state index >= 15 is 0 Å². The maximum absolute atomic E-state index is 12.0. The number of fused-ring (bicyclic) bond motifs is 2. The number of aliphatic carboxylic acids is 1. The van der Waals surface area contributed by atoms with E-state index in [4.69, 9.17) is 0 Å². The number of carbonyl (C=O) groups is 1. The number of carboxylic acid groups (broad SMARTS) is 1. The van der Waals surface area contributed by atoms with Gasteiger partial charge in [-0.15, -0.1) is 6.58 Å². The minimum absolute atomic E-state index is 0.113. The van der Waals surface area contributed by atoms with E-state index in [-0.39, 0.29) is 10.8 Å². The fourth-order valence-corrected chi connectivity index (χ4v) is 5.82. The molecule has 22 heavy (non-hydrogen) atoms. The molecule has 0 aromatic carbocycles. The van der Waals surface area contributed by atoms with E-state index in [0.29, 0.717) is 5.92 Å². The third-order valence-corrected chi connectivity index (χ3v) is 7.33. The zero-order valence-electron chi connectivity index (χ0n) is 14.4. The molecule has 1 N–H and O–H groups in total. The smallest absolute Gasteiger partial charge is 0.309 e. The maximum atomic E-state index is 12.0. The highest BCUT2D eigenvalue weighted by Gasteiger charge is 2.56. The summed E-state index contributed by atoms with van der Waals surface area (Å²) >= 11 is 0. The van der Waals surface area contributed by atoms with Crippen LogP contribution in [0, 0.1) is 22.2 Å². The Kier molecular flexibility index (Phi) is 3.58. The molecule has 3 rings (SSSR count). The van der Waals surface area contributed by atoms with Gasteiger partial charge in [-0.25, -0.2) is 0 Å². The molecule has 0 aromatic heterocycles. The zero-order chi connectivity index (χ0) is 16.2. The van der Waals surface area contributed by atoms with Gasteiger partial charge in [-0.05, 0) is 68.6 Å². The second-order valence-corrected chi connectivity index (χ2v) is 8.70. The Morgan fingerprint density at radius 1 is 1.23 bits per heavy atom. The van der Waals surface area contributed by atoms with Crippen molar-refractivity contribution in [2.45, 2.75) is 72.1 Å². The average Bonchev–Trinajstić information content (AvgIpc) is 2.46. The van der Waals surface area contributed by atoms with Crippen LogP contribution in [0.1, 0.15) is 72.1 Å². The highest BCUT2D eigenvalue weighted by Crippen LogP contribution is 2.63. The Morgan fingerprint density at radius 3 is 2.59 bits per heavy atom. The van der Waals surface area contributed by atoms with E-state index in [1.54, 1.807) is 11.1 Å². The molecule has 4 atom stereocenters. The lowest BCUT2D eigenvalue weighted by Gasteiger charge is -2.56. The van der Waals surface area contributed by atoms with Gasteiger partial charge in [0.1, 0.15) is 0 Å². The molecule has 0 amide bonds. The molecule has 2 heteroatoms. The average molecular weight is 302 g/mol. The van der Waals surface area contributed by atoms with Gasteiger partial charge in [0.2, 0.25) is 0 Å². The quantitative estimate of drug-likeness (QED) is 0.698. The summed E-state index contributed by atoms with van der Waals surface area (Å²) in [6.07, 6.45) is 10.8. The largest absolute Gasteiger partial charge is 0.481 e. The van der Waals surface area contributed by atoms with Crippen molar-refractivity contribution in [3.63, 3.8) is 0 Å². The van der Waals surface area contributed by atoms with Gasteiger partial charge >= 0.3 is 5.97 Å². The third-order valence-electron chi connectivity index (χ3n) is 7.33. The molecule has 0 bridgehead atoms. The Morgan fingerprint density at radius 2 is 1.95 bits per heavy atom. The molecule has 1 saturated carbocycles. The lowest BCUT2D eigenvalue weighted by Crippen LogP contribution is -2.51. The summed E-state index contributed by atoms with van der Waals surface area (Å²) < 4.78 is 0. The summed E-state index contributed by atoms with van der Waals surface area (Å²) in [5.41, 5.74) is 3.07. The van der Waals surface area contributed by atoms with Gasteiger partial charge in [-0.2, -0.15) is 0 Å². The van der Waals surface area contributed by atoms with Gasteiger partial charge < -0.3 is 5.11 Å². The summed E-state index contributed by atoms with van der Waals surface area (Å²) in [4.78, 5) is 12.0. The summed E-state index contributed by atoms with van der Waals surface area (Å²) in [6, 6.07) is 0. The summed E-state index contributed by atoms with van der Waals surface area (Å²) in [6.45, 7) is 10.7. The van der Waals surface area contributed by atoms with Crippen molar-refractivity contribution >= 4 is 5.97 Å². The van der Waals surface area contributed by atoms with Crippen LogP contribution in [-0.4, -0.2) is 11.1 Å². The second-order valence-electron chi connectivity index (χ2n) is 8.70. The van der Waals surface area contributed by atoms with Crippen LogP contribution in [0.15, 0.2) is 23.8 Å². The van der Waals surface area contributed by atoms with Gasteiger partial charge in [0.15, 0.2) is 0 Å². The molecule has 3 aliphatic carbocycles. The Hall–Kier alpha value is -1.05. The van der Waals surface area contributed by atoms with Gasteiger partial charge in [0.25, 0.3) is 0 Å². The number of carboxylic acids is 1. The first-order chi connectivity index (χ1) is 10.3. The first-order valence-corrected chi connectivity index (χ1v) is 8.84. The molecule has 2 nitrogen and oxygen atoms in total. The lowest BCUT2D eigenvalue weighted by atomic mass is 9.47. The molecule has 1 fully saturated rings. The molecule has 0 heterocycles. The van der Waals surface area contributed by atoms with Crippen LogP contribution in [-0.2, 0) is 4.79 Å². The number of hydrogen-bond donors (Lipinski definition) is 1. The van der Waals surface area contributed by atoms with Gasteiger partial charge in [-0.3, -0.25) is 4.79 Å².